The standard InChI is InChI=1S/C21H18FN3O2/c1-25-11-13-4-2-3-5-17(13)14-9-19(20(23)24-10-14)27-12-15-8-16(22)6-7-18(15)21(25)26/h2-10H,11-12H2,1H3,(H2,23,24). The molecule has 5 nitrogen and oxygen atoms in total. The number of carbonyl (C=O) groups excluding carboxylic acids is 1. The number of hydrogen-bond donors (Lipinski definition) is 1. The van der Waals surface area contributed by atoms with E-state index in [1.807, 2.05) is 30.3 Å². The zero-order valence-corrected chi connectivity index (χ0v) is 14.8. The summed E-state index contributed by atoms with van der Waals surface area (Å²) in [6, 6.07) is 13.7. The molecule has 1 aliphatic heterocycles. The van der Waals surface area contributed by atoms with Crippen molar-refractivity contribution in [2.75, 3.05) is 12.8 Å². The molecule has 4 rings (SSSR count). The smallest absolute Gasteiger partial charge is 0.254 e. The first-order valence-electron chi connectivity index (χ1n) is 8.53. The number of fused-ring (bicyclic) bond motifs is 5. The number of halogens is 1. The molecule has 2 heterocycles. The molecule has 0 fully saturated rings. The molecule has 1 aliphatic rings. The van der Waals surface area contributed by atoms with Gasteiger partial charge in [0.2, 0.25) is 0 Å². The van der Waals surface area contributed by atoms with Gasteiger partial charge in [0.1, 0.15) is 12.4 Å². The van der Waals surface area contributed by atoms with Crippen LogP contribution in [0.3, 0.4) is 0 Å². The third-order valence-electron chi connectivity index (χ3n) is 4.65. The Bertz CT molecular complexity index is 1040. The highest BCUT2D eigenvalue weighted by Crippen LogP contribution is 2.31. The third-order valence-corrected chi connectivity index (χ3v) is 4.65. The fourth-order valence-corrected chi connectivity index (χ4v) is 3.24. The third kappa shape index (κ3) is 3.21. The molecule has 0 unspecified atom stereocenters. The van der Waals surface area contributed by atoms with Crippen molar-refractivity contribution >= 4 is 11.7 Å². The van der Waals surface area contributed by atoms with Crippen LogP contribution in [0.25, 0.3) is 11.1 Å². The van der Waals surface area contributed by atoms with Gasteiger partial charge >= 0.3 is 0 Å². The van der Waals surface area contributed by atoms with Crippen LogP contribution in [-0.4, -0.2) is 22.8 Å². The number of nitrogens with zero attached hydrogens (tertiary/aromatic N) is 2. The SMILES string of the molecule is CN1Cc2ccccc2-c2cnc(N)c(c2)OCc2cc(F)ccc2C1=O. The van der Waals surface area contributed by atoms with E-state index in [2.05, 4.69) is 4.98 Å². The van der Waals surface area contributed by atoms with Gasteiger partial charge in [-0.1, -0.05) is 24.3 Å². The molecule has 0 atom stereocenters. The second-order valence-electron chi connectivity index (χ2n) is 6.52. The summed E-state index contributed by atoms with van der Waals surface area (Å²) in [5, 5.41) is 0. The number of rotatable bonds is 0. The van der Waals surface area contributed by atoms with Crippen molar-refractivity contribution in [2.24, 2.45) is 0 Å². The fourth-order valence-electron chi connectivity index (χ4n) is 3.24. The Labute approximate surface area is 156 Å². The lowest BCUT2D eigenvalue weighted by Crippen LogP contribution is -2.28. The highest BCUT2D eigenvalue weighted by Gasteiger charge is 2.20. The molecule has 2 N–H and O–H groups in total. The summed E-state index contributed by atoms with van der Waals surface area (Å²) in [5.74, 6) is 0.0254. The molecule has 6 heteroatoms. The lowest BCUT2D eigenvalue weighted by molar-refractivity contribution is 0.0782. The van der Waals surface area contributed by atoms with E-state index in [-0.39, 0.29) is 18.3 Å². The first-order chi connectivity index (χ1) is 13.0. The van der Waals surface area contributed by atoms with Crippen molar-refractivity contribution in [3.8, 4) is 16.9 Å². The van der Waals surface area contributed by atoms with Gasteiger partial charge in [-0.05, 0) is 35.4 Å². The lowest BCUT2D eigenvalue weighted by atomic mass is 9.99. The number of hydrogen-bond acceptors (Lipinski definition) is 4. The summed E-state index contributed by atoms with van der Waals surface area (Å²) in [7, 11) is 1.73. The first-order valence-corrected chi connectivity index (χ1v) is 8.53. The van der Waals surface area contributed by atoms with Gasteiger partial charge in [-0.3, -0.25) is 4.79 Å². The summed E-state index contributed by atoms with van der Waals surface area (Å²) in [6.45, 7) is 0.427. The Balaban J connectivity index is 1.89. The summed E-state index contributed by atoms with van der Waals surface area (Å²) in [4.78, 5) is 18.8. The van der Waals surface area contributed by atoms with Gasteiger partial charge in [-0.2, -0.15) is 0 Å². The Morgan fingerprint density at radius 3 is 2.78 bits per heavy atom. The number of benzene rings is 2. The van der Waals surface area contributed by atoms with Crippen LogP contribution < -0.4 is 10.5 Å². The summed E-state index contributed by atoms with van der Waals surface area (Å²) >= 11 is 0. The number of nitrogens with two attached hydrogens (primary N) is 1. The molecule has 0 spiro atoms. The molecule has 1 amide bonds. The molecule has 2 bridgehead atoms. The average molecular weight is 363 g/mol. The fraction of sp³-hybridized carbons (Fsp3) is 0.143. The molecule has 0 radical (unpaired) electrons. The van der Waals surface area contributed by atoms with Crippen LogP contribution in [0.2, 0.25) is 0 Å². The number of aromatic nitrogens is 1. The van der Waals surface area contributed by atoms with Crippen LogP contribution >= 0.6 is 0 Å². The molecule has 2 aromatic carbocycles. The molecular weight excluding hydrogens is 345 g/mol. The quantitative estimate of drug-likeness (QED) is 0.662. The molecule has 1 aromatic heterocycles. The molecule has 3 aromatic rings. The number of anilines is 1. The van der Waals surface area contributed by atoms with Crippen molar-refractivity contribution in [3.05, 3.63) is 77.2 Å². The van der Waals surface area contributed by atoms with Crippen LogP contribution in [0.4, 0.5) is 10.2 Å². The minimum Gasteiger partial charge on any atom is -0.485 e. The second kappa shape index (κ2) is 6.72. The zero-order chi connectivity index (χ0) is 19.0. The number of pyridine rings is 1. The molecule has 136 valence electrons. The molecule has 0 saturated carbocycles. The maximum absolute atomic E-state index is 13.8. The van der Waals surface area contributed by atoms with Crippen molar-refractivity contribution in [1.29, 1.82) is 0 Å². The highest BCUT2D eigenvalue weighted by molar-refractivity contribution is 5.95. The van der Waals surface area contributed by atoms with E-state index in [1.165, 1.54) is 18.2 Å². The van der Waals surface area contributed by atoms with Gasteiger partial charge in [-0.25, -0.2) is 9.37 Å². The second-order valence-corrected chi connectivity index (χ2v) is 6.52. The largest absolute Gasteiger partial charge is 0.485 e. The van der Waals surface area contributed by atoms with Gasteiger partial charge in [0, 0.05) is 36.5 Å². The van der Waals surface area contributed by atoms with Crippen molar-refractivity contribution < 1.29 is 13.9 Å². The van der Waals surface area contributed by atoms with E-state index in [1.54, 1.807) is 18.1 Å². The lowest BCUT2D eigenvalue weighted by Gasteiger charge is -2.22. The van der Waals surface area contributed by atoms with Crippen LogP contribution in [0.15, 0.2) is 54.7 Å². The zero-order valence-electron chi connectivity index (χ0n) is 14.8. The minimum absolute atomic E-state index is 0.0175. The monoisotopic (exact) mass is 363 g/mol. The molecule has 27 heavy (non-hydrogen) atoms. The number of amides is 1. The Morgan fingerprint density at radius 2 is 1.93 bits per heavy atom. The number of ether oxygens (including phenoxy) is 1. The highest BCUT2D eigenvalue weighted by atomic mass is 19.1. The summed E-state index contributed by atoms with van der Waals surface area (Å²) in [5.41, 5.74) is 9.58. The van der Waals surface area contributed by atoms with Crippen LogP contribution in [0, 0.1) is 5.82 Å². The minimum atomic E-state index is -0.426. The molecule has 0 aliphatic carbocycles. The Morgan fingerprint density at radius 1 is 1.11 bits per heavy atom. The maximum Gasteiger partial charge on any atom is 0.254 e. The van der Waals surface area contributed by atoms with E-state index in [4.69, 9.17) is 10.5 Å². The van der Waals surface area contributed by atoms with Crippen LogP contribution in [0.1, 0.15) is 21.5 Å². The van der Waals surface area contributed by atoms with E-state index in [0.29, 0.717) is 23.4 Å². The van der Waals surface area contributed by atoms with Gasteiger partial charge < -0.3 is 15.4 Å². The Hall–Kier alpha value is -3.41. The van der Waals surface area contributed by atoms with Crippen molar-refractivity contribution in [3.63, 3.8) is 0 Å². The maximum atomic E-state index is 13.8. The number of nitrogen functional groups attached to an aromatic ring is 1. The normalized spacial score (nSPS) is 13.7. The molecule has 0 saturated heterocycles. The van der Waals surface area contributed by atoms with Gasteiger partial charge in [-0.15, -0.1) is 0 Å². The average Bonchev–Trinajstić information content (AvgIpc) is 2.67. The van der Waals surface area contributed by atoms with E-state index < -0.39 is 5.82 Å². The Kier molecular flexibility index (Phi) is 4.24. The summed E-state index contributed by atoms with van der Waals surface area (Å²) < 4.78 is 19.6. The molecular formula is C21H18FN3O2. The van der Waals surface area contributed by atoms with Crippen molar-refractivity contribution in [1.82, 2.24) is 9.88 Å². The van der Waals surface area contributed by atoms with Crippen LogP contribution in [0.5, 0.6) is 5.75 Å². The van der Waals surface area contributed by atoms with Gasteiger partial charge in [0.05, 0.1) is 0 Å². The topological polar surface area (TPSA) is 68.5 Å². The van der Waals surface area contributed by atoms with E-state index in [9.17, 15) is 9.18 Å². The summed E-state index contributed by atoms with van der Waals surface area (Å²) in [6.07, 6.45) is 1.68. The van der Waals surface area contributed by atoms with Crippen LogP contribution in [-0.2, 0) is 13.2 Å². The predicted molar refractivity (Wildman–Crippen MR) is 101 cm³/mol. The first kappa shape index (κ1) is 17.0. The van der Waals surface area contributed by atoms with Gasteiger partial charge in [0.25, 0.3) is 5.91 Å². The van der Waals surface area contributed by atoms with E-state index >= 15 is 0 Å². The predicted octanol–water partition coefficient (Wildman–Crippen LogP) is 3.63. The van der Waals surface area contributed by atoms with Gasteiger partial charge in [0.15, 0.2) is 11.6 Å². The number of carbonyl (C=O) groups is 1. The van der Waals surface area contributed by atoms with E-state index in [0.717, 1.165) is 16.7 Å². The van der Waals surface area contributed by atoms with Crippen molar-refractivity contribution in [2.45, 2.75) is 13.2 Å².